The van der Waals surface area contributed by atoms with Gasteiger partial charge in [-0.25, -0.2) is 19.7 Å². The maximum absolute atomic E-state index is 11.2. The number of hydrogen-bond donors (Lipinski definition) is 2. The zero-order valence-electron chi connectivity index (χ0n) is 15.2. The molecule has 0 atom stereocenters. The van der Waals surface area contributed by atoms with Crippen molar-refractivity contribution in [3.8, 4) is 5.75 Å². The Morgan fingerprint density at radius 1 is 1.25 bits per heavy atom. The minimum atomic E-state index is -0.861. The molecule has 0 aromatic carbocycles. The topological polar surface area (TPSA) is 104 Å². The van der Waals surface area contributed by atoms with Gasteiger partial charge in [0, 0.05) is 31.9 Å². The fourth-order valence-corrected chi connectivity index (χ4v) is 3.80. The molecule has 0 saturated carbocycles. The molecule has 1 saturated heterocycles. The maximum Gasteiger partial charge on any atom is 0.407 e. The molecule has 10 heteroatoms. The number of nitrogens with zero attached hydrogens (tertiary/aromatic N) is 5. The number of carbonyl (C=O) groups is 1. The van der Waals surface area contributed by atoms with E-state index in [9.17, 15) is 9.90 Å². The van der Waals surface area contributed by atoms with Crippen molar-refractivity contribution in [3.05, 3.63) is 29.8 Å². The van der Waals surface area contributed by atoms with Gasteiger partial charge in [-0.15, -0.1) is 0 Å². The molecular weight excluding hydrogens is 384 g/mol. The average Bonchev–Trinajstić information content (AvgIpc) is 2.93. The first-order valence-corrected chi connectivity index (χ1v) is 9.61. The molecule has 0 unspecified atom stereocenters. The number of anilines is 3. The Balaban J connectivity index is 1.60. The van der Waals surface area contributed by atoms with Gasteiger partial charge in [0.05, 0.1) is 12.3 Å². The van der Waals surface area contributed by atoms with Gasteiger partial charge in [0.15, 0.2) is 16.8 Å². The zero-order chi connectivity index (χ0) is 19.5. The second-order valence-corrected chi connectivity index (χ2v) is 7.10. The van der Waals surface area contributed by atoms with Gasteiger partial charge in [0.2, 0.25) is 5.75 Å². The second kappa shape index (κ2) is 8.05. The van der Waals surface area contributed by atoms with E-state index in [2.05, 4.69) is 25.2 Å². The van der Waals surface area contributed by atoms with Crippen LogP contribution in [0.4, 0.5) is 22.1 Å². The van der Waals surface area contributed by atoms with Crippen LogP contribution in [0.3, 0.4) is 0 Å². The molecule has 0 spiro atoms. The Morgan fingerprint density at radius 3 is 2.82 bits per heavy atom. The summed E-state index contributed by atoms with van der Waals surface area (Å²) in [5, 5.41) is 12.7. The highest BCUT2D eigenvalue weighted by atomic mass is 35.5. The first kappa shape index (κ1) is 18.5. The highest BCUT2D eigenvalue weighted by Crippen LogP contribution is 2.38. The largest absolute Gasteiger partial charge is 0.486 e. The van der Waals surface area contributed by atoms with E-state index in [1.807, 2.05) is 6.07 Å². The monoisotopic (exact) mass is 404 g/mol. The number of piperidine rings is 1. The third-order valence-corrected chi connectivity index (χ3v) is 5.34. The number of halogens is 1. The molecule has 2 aromatic rings. The van der Waals surface area contributed by atoms with Crippen molar-refractivity contribution in [2.45, 2.75) is 25.3 Å². The van der Waals surface area contributed by atoms with Crippen LogP contribution in [-0.2, 0) is 0 Å². The summed E-state index contributed by atoms with van der Waals surface area (Å²) in [6.45, 7) is 2.40. The van der Waals surface area contributed by atoms with E-state index in [0.717, 1.165) is 31.6 Å². The number of fused-ring (bicyclic) bond motifs is 1. The standard InChI is InChI=1S/C18H21ClN6O3/c19-15-13(3-1-6-20-15)23-16-14-17(22-11-21-16)25(7-2-10-28-14)12-4-8-24(9-5-12)18(26)27/h1,3,6,11-12H,2,4-5,7-10H2,(H,26,27)(H,21,22,23). The van der Waals surface area contributed by atoms with E-state index in [1.54, 1.807) is 12.3 Å². The fraction of sp³-hybridized carbons (Fsp3) is 0.444. The van der Waals surface area contributed by atoms with Gasteiger partial charge in [-0.2, -0.15) is 0 Å². The van der Waals surface area contributed by atoms with Crippen LogP contribution in [0.15, 0.2) is 24.7 Å². The van der Waals surface area contributed by atoms with Gasteiger partial charge in [-0.05, 0) is 31.4 Å². The summed E-state index contributed by atoms with van der Waals surface area (Å²) in [6, 6.07) is 3.82. The van der Waals surface area contributed by atoms with E-state index in [4.69, 9.17) is 16.3 Å². The molecule has 2 aromatic heterocycles. The molecule has 1 amide bonds. The van der Waals surface area contributed by atoms with Crippen LogP contribution in [0.25, 0.3) is 0 Å². The van der Waals surface area contributed by atoms with Gasteiger partial charge in [-0.1, -0.05) is 11.6 Å². The van der Waals surface area contributed by atoms with Crippen molar-refractivity contribution in [1.82, 2.24) is 19.9 Å². The molecule has 2 N–H and O–H groups in total. The summed E-state index contributed by atoms with van der Waals surface area (Å²) >= 11 is 6.16. The van der Waals surface area contributed by atoms with Crippen molar-refractivity contribution in [3.63, 3.8) is 0 Å². The fourth-order valence-electron chi connectivity index (χ4n) is 3.64. The lowest BCUT2D eigenvalue weighted by atomic mass is 10.0. The molecule has 2 aliphatic rings. The minimum Gasteiger partial charge on any atom is -0.486 e. The van der Waals surface area contributed by atoms with Gasteiger partial charge < -0.3 is 25.0 Å². The lowest BCUT2D eigenvalue weighted by Gasteiger charge is -2.37. The van der Waals surface area contributed by atoms with Crippen molar-refractivity contribution in [2.75, 3.05) is 36.5 Å². The minimum absolute atomic E-state index is 0.209. The van der Waals surface area contributed by atoms with Crippen LogP contribution in [0.5, 0.6) is 5.75 Å². The van der Waals surface area contributed by atoms with E-state index in [1.165, 1.54) is 11.2 Å². The van der Waals surface area contributed by atoms with Crippen molar-refractivity contribution in [2.24, 2.45) is 0 Å². The lowest BCUT2D eigenvalue weighted by molar-refractivity contribution is 0.131. The number of hydrogen-bond acceptors (Lipinski definition) is 7. The predicted molar refractivity (Wildman–Crippen MR) is 105 cm³/mol. The first-order chi connectivity index (χ1) is 13.6. The zero-order valence-corrected chi connectivity index (χ0v) is 16.0. The Kier molecular flexibility index (Phi) is 5.34. The Hall–Kier alpha value is -2.81. The molecule has 2 aliphatic heterocycles. The van der Waals surface area contributed by atoms with Crippen molar-refractivity contribution in [1.29, 1.82) is 0 Å². The summed E-state index contributed by atoms with van der Waals surface area (Å²) < 4.78 is 5.97. The molecule has 148 valence electrons. The number of carboxylic acid groups (broad SMARTS) is 1. The molecule has 28 heavy (non-hydrogen) atoms. The molecule has 4 rings (SSSR count). The third kappa shape index (κ3) is 3.75. The summed E-state index contributed by atoms with van der Waals surface area (Å²) in [4.78, 5) is 27.8. The predicted octanol–water partition coefficient (Wildman–Crippen LogP) is 3.00. The van der Waals surface area contributed by atoms with Crippen LogP contribution in [-0.4, -0.2) is 63.3 Å². The Bertz CT molecular complexity index is 859. The number of ether oxygens (including phenoxy) is 1. The number of amides is 1. The molecule has 0 radical (unpaired) electrons. The molecule has 1 fully saturated rings. The third-order valence-electron chi connectivity index (χ3n) is 5.03. The van der Waals surface area contributed by atoms with E-state index in [0.29, 0.717) is 42.1 Å². The second-order valence-electron chi connectivity index (χ2n) is 6.74. The summed E-state index contributed by atoms with van der Waals surface area (Å²) in [7, 11) is 0. The Labute approximate surface area is 167 Å². The summed E-state index contributed by atoms with van der Waals surface area (Å²) in [6.07, 6.45) is 4.62. The molecular formula is C18H21ClN6O3. The summed E-state index contributed by atoms with van der Waals surface area (Å²) in [5.74, 6) is 1.85. The van der Waals surface area contributed by atoms with E-state index >= 15 is 0 Å². The maximum atomic E-state index is 11.2. The van der Waals surface area contributed by atoms with Crippen LogP contribution in [0, 0.1) is 0 Å². The van der Waals surface area contributed by atoms with E-state index in [-0.39, 0.29) is 6.04 Å². The SMILES string of the molecule is O=C(O)N1CCC(N2CCCOc3c(Nc4cccnc4Cl)ncnc32)CC1. The average molecular weight is 405 g/mol. The van der Waals surface area contributed by atoms with Crippen LogP contribution in [0.1, 0.15) is 19.3 Å². The number of pyridine rings is 1. The van der Waals surface area contributed by atoms with Crippen LogP contribution in [0.2, 0.25) is 5.15 Å². The molecule has 9 nitrogen and oxygen atoms in total. The van der Waals surface area contributed by atoms with Gasteiger partial charge >= 0.3 is 6.09 Å². The lowest BCUT2D eigenvalue weighted by Crippen LogP contribution is -2.47. The molecule has 0 aliphatic carbocycles. The highest BCUT2D eigenvalue weighted by Gasteiger charge is 2.31. The molecule has 4 heterocycles. The first-order valence-electron chi connectivity index (χ1n) is 9.23. The quantitative estimate of drug-likeness (QED) is 0.752. The summed E-state index contributed by atoms with van der Waals surface area (Å²) in [5.41, 5.74) is 0.638. The normalized spacial score (nSPS) is 17.5. The van der Waals surface area contributed by atoms with Gasteiger partial charge in [0.25, 0.3) is 0 Å². The van der Waals surface area contributed by atoms with Crippen LogP contribution >= 0.6 is 11.6 Å². The van der Waals surface area contributed by atoms with Crippen molar-refractivity contribution >= 4 is 35.0 Å². The smallest absolute Gasteiger partial charge is 0.407 e. The van der Waals surface area contributed by atoms with Gasteiger partial charge in [-0.3, -0.25) is 0 Å². The Morgan fingerprint density at radius 2 is 2.07 bits per heavy atom. The number of rotatable bonds is 3. The highest BCUT2D eigenvalue weighted by molar-refractivity contribution is 6.32. The van der Waals surface area contributed by atoms with E-state index < -0.39 is 6.09 Å². The molecule has 0 bridgehead atoms. The number of aromatic nitrogens is 3. The van der Waals surface area contributed by atoms with Crippen molar-refractivity contribution < 1.29 is 14.6 Å². The van der Waals surface area contributed by atoms with Gasteiger partial charge in [0.1, 0.15) is 6.33 Å². The van der Waals surface area contributed by atoms with Crippen LogP contribution < -0.4 is 15.0 Å². The number of nitrogens with one attached hydrogen (secondary N) is 1. The number of likely N-dealkylation sites (tertiary alicyclic amines) is 1.